The molecule has 6 heteroatoms. The van der Waals surface area contributed by atoms with Gasteiger partial charge in [0.15, 0.2) is 0 Å². The van der Waals surface area contributed by atoms with Crippen LogP contribution in [0.2, 0.25) is 0 Å². The van der Waals surface area contributed by atoms with Gasteiger partial charge in [-0.25, -0.2) is 4.39 Å². The van der Waals surface area contributed by atoms with E-state index in [9.17, 15) is 4.39 Å². The van der Waals surface area contributed by atoms with Crippen LogP contribution in [-0.4, -0.2) is 16.2 Å². The molecule has 1 fully saturated rings. The SMILES string of the molecule is Cc1cc(-c2nc(-c3ccc4c(c3)CCC4N[C@H]3C[C@H](C)C3)no2)c(F)cc1-c1ccoc1. The van der Waals surface area contributed by atoms with Crippen LogP contribution in [0.25, 0.3) is 34.0 Å². The molecule has 0 radical (unpaired) electrons. The zero-order valence-corrected chi connectivity index (χ0v) is 18.8. The first-order chi connectivity index (χ1) is 16.0. The average Bonchev–Trinajstić information content (AvgIpc) is 3.55. The third-order valence-corrected chi connectivity index (χ3v) is 7.09. The molecule has 0 bridgehead atoms. The highest BCUT2D eigenvalue weighted by Gasteiger charge is 2.31. The van der Waals surface area contributed by atoms with Crippen LogP contribution in [0.15, 0.2) is 57.9 Å². The molecular weight excluding hydrogens is 417 g/mol. The molecular formula is C27H26FN3O2. The molecule has 1 atom stereocenters. The first kappa shape index (κ1) is 20.4. The lowest BCUT2D eigenvalue weighted by Gasteiger charge is -2.36. The average molecular weight is 444 g/mol. The van der Waals surface area contributed by atoms with Crippen molar-refractivity contribution in [3.8, 4) is 34.0 Å². The smallest absolute Gasteiger partial charge is 0.261 e. The molecule has 4 aromatic rings. The number of benzene rings is 2. The molecule has 2 aliphatic rings. The lowest BCUT2D eigenvalue weighted by Crippen LogP contribution is -2.41. The maximum Gasteiger partial charge on any atom is 0.261 e. The van der Waals surface area contributed by atoms with Crippen molar-refractivity contribution in [1.82, 2.24) is 15.5 Å². The zero-order chi connectivity index (χ0) is 22.5. The van der Waals surface area contributed by atoms with Gasteiger partial charge in [0.1, 0.15) is 5.82 Å². The molecule has 1 N–H and O–H groups in total. The van der Waals surface area contributed by atoms with Gasteiger partial charge < -0.3 is 14.3 Å². The van der Waals surface area contributed by atoms with Gasteiger partial charge in [0.05, 0.1) is 18.1 Å². The van der Waals surface area contributed by atoms with Crippen molar-refractivity contribution in [3.63, 3.8) is 0 Å². The van der Waals surface area contributed by atoms with Crippen molar-refractivity contribution in [1.29, 1.82) is 0 Å². The van der Waals surface area contributed by atoms with Gasteiger partial charge in [-0.15, -0.1) is 0 Å². The number of hydrogen-bond donors (Lipinski definition) is 1. The highest BCUT2D eigenvalue weighted by Crippen LogP contribution is 2.37. The molecule has 0 spiro atoms. The number of rotatable bonds is 5. The van der Waals surface area contributed by atoms with E-state index in [2.05, 4.69) is 34.5 Å². The Kier molecular flexibility index (Phi) is 4.91. The number of nitrogens with zero attached hydrogens (tertiary/aromatic N) is 2. The molecule has 0 aliphatic heterocycles. The Bertz CT molecular complexity index is 1310. The third kappa shape index (κ3) is 3.68. The minimum absolute atomic E-state index is 0.184. The van der Waals surface area contributed by atoms with E-state index in [0.717, 1.165) is 41.0 Å². The summed E-state index contributed by atoms with van der Waals surface area (Å²) in [4.78, 5) is 4.52. The second kappa shape index (κ2) is 7.96. The summed E-state index contributed by atoms with van der Waals surface area (Å²) in [5.74, 6) is 1.10. The summed E-state index contributed by atoms with van der Waals surface area (Å²) >= 11 is 0. The van der Waals surface area contributed by atoms with Crippen molar-refractivity contribution in [2.75, 3.05) is 0 Å². The molecule has 5 nitrogen and oxygen atoms in total. The summed E-state index contributed by atoms with van der Waals surface area (Å²) in [6.45, 7) is 4.24. The molecule has 0 amide bonds. The number of aryl methyl sites for hydroxylation is 2. The molecule has 1 unspecified atom stereocenters. The number of nitrogens with one attached hydrogen (secondary N) is 1. The van der Waals surface area contributed by atoms with Gasteiger partial charge in [-0.1, -0.05) is 24.2 Å². The van der Waals surface area contributed by atoms with Crippen LogP contribution in [-0.2, 0) is 6.42 Å². The zero-order valence-electron chi connectivity index (χ0n) is 18.8. The Morgan fingerprint density at radius 1 is 1.06 bits per heavy atom. The molecule has 2 aromatic heterocycles. The molecule has 2 heterocycles. The maximum atomic E-state index is 14.9. The largest absolute Gasteiger partial charge is 0.472 e. The highest BCUT2D eigenvalue weighted by molar-refractivity contribution is 5.71. The number of hydrogen-bond acceptors (Lipinski definition) is 5. The summed E-state index contributed by atoms with van der Waals surface area (Å²) in [7, 11) is 0. The Morgan fingerprint density at radius 3 is 2.73 bits per heavy atom. The fourth-order valence-corrected chi connectivity index (χ4v) is 5.28. The summed E-state index contributed by atoms with van der Waals surface area (Å²) in [6, 6.07) is 12.5. The van der Waals surface area contributed by atoms with E-state index in [1.807, 2.05) is 19.1 Å². The van der Waals surface area contributed by atoms with Gasteiger partial charge in [0.25, 0.3) is 5.89 Å². The first-order valence-corrected chi connectivity index (χ1v) is 11.6. The lowest BCUT2D eigenvalue weighted by atomic mass is 9.81. The maximum absolute atomic E-state index is 14.9. The molecule has 33 heavy (non-hydrogen) atoms. The van der Waals surface area contributed by atoms with Gasteiger partial charge >= 0.3 is 0 Å². The normalized spacial score (nSPS) is 21.7. The summed E-state index contributed by atoms with van der Waals surface area (Å²) in [5.41, 5.74) is 6.43. The topological polar surface area (TPSA) is 64.1 Å². The molecule has 0 saturated heterocycles. The minimum atomic E-state index is -0.403. The highest BCUT2D eigenvalue weighted by atomic mass is 19.1. The van der Waals surface area contributed by atoms with E-state index in [0.29, 0.717) is 23.5 Å². The second-order valence-corrected chi connectivity index (χ2v) is 9.53. The molecule has 2 aromatic carbocycles. The molecule has 2 aliphatic carbocycles. The second-order valence-electron chi connectivity index (χ2n) is 9.53. The molecule has 1 saturated carbocycles. The van der Waals surface area contributed by atoms with Gasteiger partial charge in [-0.2, -0.15) is 4.98 Å². The minimum Gasteiger partial charge on any atom is -0.472 e. The van der Waals surface area contributed by atoms with Crippen LogP contribution < -0.4 is 5.32 Å². The summed E-state index contributed by atoms with van der Waals surface area (Å²) < 4.78 is 25.5. The predicted octanol–water partition coefficient (Wildman–Crippen LogP) is 6.49. The van der Waals surface area contributed by atoms with E-state index in [-0.39, 0.29) is 5.89 Å². The Balaban J connectivity index is 1.25. The van der Waals surface area contributed by atoms with Crippen molar-refractivity contribution in [3.05, 3.63) is 71.4 Å². The van der Waals surface area contributed by atoms with Crippen LogP contribution in [0.3, 0.4) is 0 Å². The Morgan fingerprint density at radius 2 is 1.94 bits per heavy atom. The van der Waals surface area contributed by atoms with Crippen molar-refractivity contribution in [2.24, 2.45) is 5.92 Å². The van der Waals surface area contributed by atoms with E-state index in [4.69, 9.17) is 8.94 Å². The van der Waals surface area contributed by atoms with E-state index in [1.165, 1.54) is 30.0 Å². The fraction of sp³-hybridized carbons (Fsp3) is 0.333. The quantitative estimate of drug-likeness (QED) is 0.382. The van der Waals surface area contributed by atoms with Gasteiger partial charge in [0, 0.05) is 23.2 Å². The van der Waals surface area contributed by atoms with E-state index >= 15 is 0 Å². The number of fused-ring (bicyclic) bond motifs is 1. The van der Waals surface area contributed by atoms with Crippen LogP contribution in [0, 0.1) is 18.7 Å². The van der Waals surface area contributed by atoms with Gasteiger partial charge in [-0.3, -0.25) is 0 Å². The van der Waals surface area contributed by atoms with Crippen molar-refractivity contribution >= 4 is 0 Å². The van der Waals surface area contributed by atoms with Crippen molar-refractivity contribution < 1.29 is 13.3 Å². The van der Waals surface area contributed by atoms with Crippen LogP contribution in [0.5, 0.6) is 0 Å². The standard InChI is InChI=1S/C27H26FN3O2/c1-15-9-20(10-15)29-25-6-4-17-12-18(3-5-21(17)25)26-30-27(33-31-26)23-11-16(2)22(13-24(23)28)19-7-8-32-14-19/h3,5,7-8,11-15,20,25,29H,4,6,9-10H2,1-2H3/t15-,20-,25?. The number of halogens is 1. The lowest BCUT2D eigenvalue weighted by molar-refractivity contribution is 0.222. The summed E-state index contributed by atoms with van der Waals surface area (Å²) in [6.07, 6.45) is 7.88. The van der Waals surface area contributed by atoms with E-state index < -0.39 is 5.82 Å². The Labute approximate surface area is 192 Å². The van der Waals surface area contributed by atoms with Crippen LogP contribution in [0.1, 0.15) is 48.9 Å². The number of furan rings is 1. The third-order valence-electron chi connectivity index (χ3n) is 7.09. The molecule has 6 rings (SSSR count). The van der Waals surface area contributed by atoms with Crippen molar-refractivity contribution in [2.45, 2.75) is 51.6 Å². The van der Waals surface area contributed by atoms with Crippen LogP contribution in [0.4, 0.5) is 4.39 Å². The van der Waals surface area contributed by atoms with Gasteiger partial charge in [-0.05, 0) is 85.0 Å². The first-order valence-electron chi connectivity index (χ1n) is 11.6. The van der Waals surface area contributed by atoms with E-state index in [1.54, 1.807) is 18.6 Å². The monoisotopic (exact) mass is 443 g/mol. The summed E-state index contributed by atoms with van der Waals surface area (Å²) in [5, 5.41) is 7.96. The Hall–Kier alpha value is -3.25. The van der Waals surface area contributed by atoms with Crippen LogP contribution >= 0.6 is 0 Å². The molecule has 168 valence electrons. The predicted molar refractivity (Wildman–Crippen MR) is 124 cm³/mol. The number of aromatic nitrogens is 2. The van der Waals surface area contributed by atoms with Gasteiger partial charge in [0.2, 0.25) is 5.82 Å². The fourth-order valence-electron chi connectivity index (χ4n) is 5.28.